The molecule has 2 aliphatic rings. The molecule has 0 spiro atoms. The number of nitrogens with zero attached hydrogens (tertiary/aromatic N) is 2. The maximum absolute atomic E-state index is 13.6. The maximum atomic E-state index is 13.6. The van der Waals surface area contributed by atoms with Gasteiger partial charge >= 0.3 is 6.09 Å². The molecule has 3 heterocycles. The molecule has 0 bridgehead atoms. The monoisotopic (exact) mass is 509 g/mol. The molecule has 3 amide bonds. The molecule has 0 saturated carbocycles. The van der Waals surface area contributed by atoms with Gasteiger partial charge in [0.05, 0.1) is 24.6 Å². The third kappa shape index (κ3) is 5.09. The minimum Gasteiger partial charge on any atom is -0.438 e. The van der Waals surface area contributed by atoms with Crippen LogP contribution < -0.4 is 5.32 Å². The molecule has 0 unspecified atom stereocenters. The molecule has 10 heteroatoms. The Bertz CT molecular complexity index is 1230. The van der Waals surface area contributed by atoms with Gasteiger partial charge in [-0.3, -0.25) is 14.5 Å². The first kappa shape index (κ1) is 24.0. The zero-order chi connectivity index (χ0) is 25.1. The highest BCUT2D eigenvalue weighted by molar-refractivity contribution is 7.12. The molecule has 1 aromatic heterocycles. The van der Waals surface area contributed by atoms with Crippen molar-refractivity contribution in [1.82, 2.24) is 9.80 Å². The van der Waals surface area contributed by atoms with Crippen LogP contribution in [0.15, 0.2) is 66.0 Å². The molecule has 2 saturated heterocycles. The lowest BCUT2D eigenvalue weighted by Gasteiger charge is -2.32. The maximum Gasteiger partial charge on any atom is 0.411 e. The third-order valence-corrected chi connectivity index (χ3v) is 7.04. The van der Waals surface area contributed by atoms with Crippen LogP contribution in [0.3, 0.4) is 0 Å². The van der Waals surface area contributed by atoms with E-state index in [0.717, 1.165) is 0 Å². The first-order valence-electron chi connectivity index (χ1n) is 11.5. The SMILES string of the molecule is O=C(Nc1ccc([C@@H]2OC(=O)N(Cc3ccc(F)cc3)[C@@H]2C(=O)N2CCOCC2)cc1)c1cccs1. The highest BCUT2D eigenvalue weighted by Gasteiger charge is 2.48. The highest BCUT2D eigenvalue weighted by atomic mass is 32.1. The molecule has 3 aromatic rings. The number of morpholine rings is 1. The Labute approximate surface area is 211 Å². The standard InChI is InChI=1S/C26H24FN3O5S/c27-19-7-3-17(4-8-19)16-30-22(25(32)29-11-13-34-14-12-29)23(35-26(30)33)18-5-9-20(10-6-18)28-24(31)21-2-1-15-36-21/h1-10,15,22-23H,11-14,16H2,(H,28,31)/t22-,23-/m0/s1. The number of hydrogen-bond acceptors (Lipinski definition) is 6. The van der Waals surface area contributed by atoms with E-state index >= 15 is 0 Å². The number of ether oxygens (including phenoxy) is 2. The molecule has 1 N–H and O–H groups in total. The van der Waals surface area contributed by atoms with Crippen molar-refractivity contribution in [1.29, 1.82) is 0 Å². The van der Waals surface area contributed by atoms with E-state index in [1.54, 1.807) is 53.4 Å². The molecule has 0 aliphatic carbocycles. The molecule has 8 nitrogen and oxygen atoms in total. The molecule has 2 aromatic carbocycles. The zero-order valence-corrected chi connectivity index (χ0v) is 20.1. The van der Waals surface area contributed by atoms with Crippen molar-refractivity contribution in [3.8, 4) is 0 Å². The zero-order valence-electron chi connectivity index (χ0n) is 19.3. The van der Waals surface area contributed by atoms with E-state index in [-0.39, 0.29) is 24.2 Å². The van der Waals surface area contributed by atoms with Gasteiger partial charge < -0.3 is 19.7 Å². The Morgan fingerprint density at radius 3 is 2.42 bits per heavy atom. The average Bonchev–Trinajstić information content (AvgIpc) is 3.55. The normalized spacial score (nSPS) is 19.8. The lowest BCUT2D eigenvalue weighted by molar-refractivity contribution is -0.141. The minimum absolute atomic E-state index is 0.102. The van der Waals surface area contributed by atoms with Crippen molar-refractivity contribution in [3.05, 3.63) is 87.9 Å². The number of hydrogen-bond donors (Lipinski definition) is 1. The van der Waals surface area contributed by atoms with Gasteiger partial charge in [-0.05, 0) is 46.8 Å². The van der Waals surface area contributed by atoms with E-state index in [0.29, 0.717) is 48.0 Å². The van der Waals surface area contributed by atoms with Crippen molar-refractivity contribution >= 4 is 34.9 Å². The Balaban J connectivity index is 1.39. The van der Waals surface area contributed by atoms with Gasteiger partial charge in [-0.15, -0.1) is 11.3 Å². The Kier molecular flexibility index (Phi) is 6.97. The minimum atomic E-state index is -0.896. The summed E-state index contributed by atoms with van der Waals surface area (Å²) >= 11 is 1.35. The molecule has 2 aliphatic heterocycles. The predicted octanol–water partition coefficient (Wildman–Crippen LogP) is 4.06. The number of benzene rings is 2. The summed E-state index contributed by atoms with van der Waals surface area (Å²) in [4.78, 5) is 42.6. The molecule has 5 rings (SSSR count). The number of cyclic esters (lactones) is 1. The first-order valence-corrected chi connectivity index (χ1v) is 12.4. The molecule has 0 radical (unpaired) electrons. The topological polar surface area (TPSA) is 88.2 Å². The van der Waals surface area contributed by atoms with Gasteiger partial charge in [0.1, 0.15) is 5.82 Å². The molecule has 2 atom stereocenters. The number of anilines is 1. The van der Waals surface area contributed by atoms with Gasteiger partial charge in [0.15, 0.2) is 12.1 Å². The van der Waals surface area contributed by atoms with Crippen LogP contribution in [0.25, 0.3) is 0 Å². The fourth-order valence-corrected chi connectivity index (χ4v) is 4.93. The number of carbonyl (C=O) groups is 3. The summed E-state index contributed by atoms with van der Waals surface area (Å²) in [5.74, 6) is -0.824. The number of nitrogens with one attached hydrogen (secondary N) is 1. The largest absolute Gasteiger partial charge is 0.438 e. The summed E-state index contributed by atoms with van der Waals surface area (Å²) in [5, 5.41) is 4.67. The summed E-state index contributed by atoms with van der Waals surface area (Å²) in [6.45, 7) is 1.80. The van der Waals surface area contributed by atoms with Crippen LogP contribution in [0.1, 0.15) is 26.9 Å². The van der Waals surface area contributed by atoms with Gasteiger partial charge in [-0.2, -0.15) is 0 Å². The van der Waals surface area contributed by atoms with Crippen LogP contribution in [0.2, 0.25) is 0 Å². The smallest absolute Gasteiger partial charge is 0.411 e. The van der Waals surface area contributed by atoms with E-state index < -0.39 is 18.2 Å². The van der Waals surface area contributed by atoms with Crippen molar-refractivity contribution < 1.29 is 28.2 Å². The summed E-state index contributed by atoms with van der Waals surface area (Å²) in [6.07, 6.45) is -1.46. The lowest BCUT2D eigenvalue weighted by atomic mass is 9.99. The van der Waals surface area contributed by atoms with Crippen molar-refractivity contribution in [2.75, 3.05) is 31.6 Å². The van der Waals surface area contributed by atoms with Gasteiger partial charge in [0.2, 0.25) is 5.91 Å². The Morgan fingerprint density at radius 2 is 1.75 bits per heavy atom. The molecule has 2 fully saturated rings. The molecule has 186 valence electrons. The number of thiophene rings is 1. The van der Waals surface area contributed by atoms with Crippen molar-refractivity contribution in [2.24, 2.45) is 0 Å². The summed E-state index contributed by atoms with van der Waals surface area (Å²) < 4.78 is 24.5. The second-order valence-corrected chi connectivity index (χ2v) is 9.44. The molecular weight excluding hydrogens is 485 g/mol. The van der Waals surface area contributed by atoms with E-state index in [1.165, 1.54) is 28.4 Å². The van der Waals surface area contributed by atoms with Crippen LogP contribution in [-0.4, -0.2) is 60.1 Å². The molecular formula is C26H24FN3O5S. The van der Waals surface area contributed by atoms with Gasteiger partial charge in [0.25, 0.3) is 5.91 Å². The number of halogens is 1. The highest BCUT2D eigenvalue weighted by Crippen LogP contribution is 2.35. The third-order valence-electron chi connectivity index (χ3n) is 6.17. The van der Waals surface area contributed by atoms with Crippen LogP contribution in [0, 0.1) is 5.82 Å². The first-order chi connectivity index (χ1) is 17.5. The van der Waals surface area contributed by atoms with E-state index in [9.17, 15) is 18.8 Å². The summed E-state index contributed by atoms with van der Waals surface area (Å²) in [5.41, 5.74) is 1.90. The van der Waals surface area contributed by atoms with Gasteiger partial charge in [0, 0.05) is 18.8 Å². The average molecular weight is 510 g/mol. The Hall–Kier alpha value is -3.76. The van der Waals surface area contributed by atoms with Gasteiger partial charge in [-0.1, -0.05) is 30.3 Å². The lowest BCUT2D eigenvalue weighted by Crippen LogP contribution is -2.51. The fourth-order valence-electron chi connectivity index (χ4n) is 4.31. The van der Waals surface area contributed by atoms with Crippen molar-refractivity contribution in [2.45, 2.75) is 18.7 Å². The van der Waals surface area contributed by atoms with E-state index in [2.05, 4.69) is 5.32 Å². The van der Waals surface area contributed by atoms with E-state index in [1.807, 2.05) is 5.38 Å². The summed E-state index contributed by atoms with van der Waals surface area (Å²) in [7, 11) is 0. The fraction of sp³-hybridized carbons (Fsp3) is 0.269. The quantitative estimate of drug-likeness (QED) is 0.542. The van der Waals surface area contributed by atoms with Gasteiger partial charge in [-0.25, -0.2) is 9.18 Å². The number of amides is 3. The number of carbonyl (C=O) groups excluding carboxylic acids is 3. The van der Waals surface area contributed by atoms with Crippen LogP contribution in [-0.2, 0) is 20.8 Å². The summed E-state index contributed by atoms with van der Waals surface area (Å²) in [6, 6.07) is 15.4. The van der Waals surface area contributed by atoms with Crippen LogP contribution >= 0.6 is 11.3 Å². The number of rotatable bonds is 6. The van der Waals surface area contributed by atoms with E-state index in [4.69, 9.17) is 9.47 Å². The second kappa shape index (κ2) is 10.5. The van der Waals surface area contributed by atoms with Crippen LogP contribution in [0.5, 0.6) is 0 Å². The molecule has 36 heavy (non-hydrogen) atoms. The Morgan fingerprint density at radius 1 is 1.03 bits per heavy atom. The predicted molar refractivity (Wildman–Crippen MR) is 131 cm³/mol. The van der Waals surface area contributed by atoms with Crippen LogP contribution in [0.4, 0.5) is 14.9 Å². The van der Waals surface area contributed by atoms with Crippen molar-refractivity contribution in [3.63, 3.8) is 0 Å². The second-order valence-electron chi connectivity index (χ2n) is 8.49.